The minimum Gasteiger partial charge on any atom is -0.150 e. The standard InChI is InChI=1S/C28H22N2/c1-5-13-23(14-6-1)21-27(25-17-9-3-10-18-25)29-30-28(26-19-11-4-12-20-26)22-24-15-7-2-8-16-24/h1-22H. The molecule has 0 spiro atoms. The van der Waals surface area contributed by atoms with Crippen LogP contribution >= 0.6 is 0 Å². The summed E-state index contributed by atoms with van der Waals surface area (Å²) in [7, 11) is 0. The van der Waals surface area contributed by atoms with Gasteiger partial charge in [0.15, 0.2) is 0 Å². The van der Waals surface area contributed by atoms with E-state index in [0.717, 1.165) is 33.6 Å². The van der Waals surface area contributed by atoms with Gasteiger partial charge in [0.1, 0.15) is 0 Å². The van der Waals surface area contributed by atoms with E-state index in [2.05, 4.69) is 70.9 Å². The van der Waals surface area contributed by atoms with Gasteiger partial charge in [0.2, 0.25) is 0 Å². The summed E-state index contributed by atoms with van der Waals surface area (Å²) in [6, 6.07) is 40.7. The van der Waals surface area contributed by atoms with Crippen molar-refractivity contribution in [1.82, 2.24) is 0 Å². The molecule has 0 amide bonds. The van der Waals surface area contributed by atoms with Gasteiger partial charge in [-0.05, 0) is 23.3 Å². The predicted molar refractivity (Wildman–Crippen MR) is 126 cm³/mol. The molecule has 4 aromatic carbocycles. The number of azo groups is 1. The van der Waals surface area contributed by atoms with E-state index < -0.39 is 0 Å². The smallest absolute Gasteiger partial charge is 0.0935 e. The fourth-order valence-corrected chi connectivity index (χ4v) is 3.08. The highest BCUT2D eigenvalue weighted by Gasteiger charge is 2.04. The van der Waals surface area contributed by atoms with Crippen LogP contribution in [0.3, 0.4) is 0 Å². The van der Waals surface area contributed by atoms with Gasteiger partial charge in [0.05, 0.1) is 11.4 Å². The molecule has 0 bridgehead atoms. The Labute approximate surface area is 177 Å². The fraction of sp³-hybridized carbons (Fsp3) is 0. The van der Waals surface area contributed by atoms with Crippen molar-refractivity contribution < 1.29 is 0 Å². The Hall–Kier alpha value is -4.04. The van der Waals surface area contributed by atoms with Crippen LogP contribution < -0.4 is 0 Å². The van der Waals surface area contributed by atoms with E-state index in [1.807, 2.05) is 72.8 Å². The topological polar surface area (TPSA) is 24.7 Å². The van der Waals surface area contributed by atoms with E-state index >= 15 is 0 Å². The third-order valence-corrected chi connectivity index (χ3v) is 4.61. The molecule has 4 rings (SSSR count). The van der Waals surface area contributed by atoms with Crippen molar-refractivity contribution in [2.75, 3.05) is 0 Å². The first-order chi connectivity index (χ1) is 14.9. The Morgan fingerprint density at radius 3 is 1.03 bits per heavy atom. The number of benzene rings is 4. The summed E-state index contributed by atoms with van der Waals surface area (Å²) >= 11 is 0. The van der Waals surface area contributed by atoms with E-state index in [0.29, 0.717) is 0 Å². The first kappa shape index (κ1) is 19.3. The largest absolute Gasteiger partial charge is 0.150 e. The molecule has 0 atom stereocenters. The molecule has 0 heterocycles. The Morgan fingerprint density at radius 1 is 0.400 bits per heavy atom. The summed E-state index contributed by atoms with van der Waals surface area (Å²) in [5.74, 6) is 0. The van der Waals surface area contributed by atoms with E-state index in [1.54, 1.807) is 0 Å². The van der Waals surface area contributed by atoms with Crippen molar-refractivity contribution in [1.29, 1.82) is 0 Å². The second-order valence-corrected chi connectivity index (χ2v) is 6.81. The summed E-state index contributed by atoms with van der Waals surface area (Å²) in [5, 5.41) is 9.36. The molecule has 0 fully saturated rings. The SMILES string of the molecule is C(=C(N=NC(=Cc1ccccc1)c1ccccc1)c1ccccc1)c1ccccc1. The van der Waals surface area contributed by atoms with Crippen LogP contribution in [0.15, 0.2) is 132 Å². The molecule has 0 aliphatic rings. The van der Waals surface area contributed by atoms with Crippen LogP contribution in [0.25, 0.3) is 23.5 Å². The van der Waals surface area contributed by atoms with Gasteiger partial charge >= 0.3 is 0 Å². The number of nitrogens with zero attached hydrogens (tertiary/aromatic N) is 2. The molecule has 0 unspecified atom stereocenters. The molecule has 0 aliphatic heterocycles. The summed E-state index contributed by atoms with van der Waals surface area (Å²) in [5.41, 5.74) is 5.86. The van der Waals surface area contributed by atoms with Crippen molar-refractivity contribution in [2.45, 2.75) is 0 Å². The van der Waals surface area contributed by atoms with Crippen molar-refractivity contribution >= 4 is 23.5 Å². The Kier molecular flexibility index (Phi) is 6.39. The number of hydrogen-bond acceptors (Lipinski definition) is 2. The van der Waals surface area contributed by atoms with E-state index in [4.69, 9.17) is 0 Å². The van der Waals surface area contributed by atoms with E-state index in [1.165, 1.54) is 0 Å². The average Bonchev–Trinajstić information content (AvgIpc) is 2.83. The van der Waals surface area contributed by atoms with E-state index in [9.17, 15) is 0 Å². The highest BCUT2D eigenvalue weighted by Crippen LogP contribution is 2.25. The normalized spacial score (nSPS) is 12.3. The third kappa shape index (κ3) is 5.27. The second-order valence-electron chi connectivity index (χ2n) is 6.81. The molecule has 0 aliphatic carbocycles. The summed E-state index contributed by atoms with van der Waals surface area (Å²) in [4.78, 5) is 0. The van der Waals surface area contributed by atoms with Gasteiger partial charge < -0.3 is 0 Å². The average molecular weight is 386 g/mol. The van der Waals surface area contributed by atoms with Crippen molar-refractivity contribution in [2.24, 2.45) is 10.2 Å². The lowest BCUT2D eigenvalue weighted by Crippen LogP contribution is -1.84. The maximum absolute atomic E-state index is 4.68. The zero-order valence-electron chi connectivity index (χ0n) is 16.6. The molecule has 30 heavy (non-hydrogen) atoms. The van der Waals surface area contributed by atoms with Crippen LogP contribution in [0.5, 0.6) is 0 Å². The van der Waals surface area contributed by atoms with Crippen LogP contribution in [0.2, 0.25) is 0 Å². The molecule has 0 N–H and O–H groups in total. The Balaban J connectivity index is 1.76. The van der Waals surface area contributed by atoms with Gasteiger partial charge in [-0.3, -0.25) is 0 Å². The van der Waals surface area contributed by atoms with Crippen LogP contribution in [0, 0.1) is 0 Å². The Bertz CT molecular complexity index is 1050. The summed E-state index contributed by atoms with van der Waals surface area (Å²) in [6.45, 7) is 0. The number of hydrogen-bond donors (Lipinski definition) is 0. The summed E-state index contributed by atoms with van der Waals surface area (Å²) in [6.07, 6.45) is 4.12. The number of rotatable bonds is 6. The zero-order valence-corrected chi connectivity index (χ0v) is 16.6. The second kappa shape index (κ2) is 9.94. The monoisotopic (exact) mass is 386 g/mol. The van der Waals surface area contributed by atoms with Crippen molar-refractivity contribution in [3.63, 3.8) is 0 Å². The maximum atomic E-state index is 4.68. The molecule has 0 saturated heterocycles. The Morgan fingerprint density at radius 2 is 0.700 bits per heavy atom. The van der Waals surface area contributed by atoms with Crippen LogP contribution in [-0.4, -0.2) is 0 Å². The predicted octanol–water partition coefficient (Wildman–Crippen LogP) is 7.84. The molecule has 0 saturated carbocycles. The van der Waals surface area contributed by atoms with Crippen LogP contribution in [-0.2, 0) is 0 Å². The minimum absolute atomic E-state index is 0.816. The highest BCUT2D eigenvalue weighted by atomic mass is 15.1. The molecule has 2 nitrogen and oxygen atoms in total. The van der Waals surface area contributed by atoms with Crippen molar-refractivity contribution in [3.8, 4) is 0 Å². The van der Waals surface area contributed by atoms with E-state index in [-0.39, 0.29) is 0 Å². The van der Waals surface area contributed by atoms with Crippen molar-refractivity contribution in [3.05, 3.63) is 144 Å². The molecular formula is C28H22N2. The lowest BCUT2D eigenvalue weighted by atomic mass is 10.1. The van der Waals surface area contributed by atoms with Gasteiger partial charge in [-0.25, -0.2) is 0 Å². The maximum Gasteiger partial charge on any atom is 0.0935 e. The first-order valence-corrected chi connectivity index (χ1v) is 9.94. The van der Waals surface area contributed by atoms with Gasteiger partial charge in [0, 0.05) is 11.1 Å². The van der Waals surface area contributed by atoms with Gasteiger partial charge in [0.25, 0.3) is 0 Å². The molecular weight excluding hydrogens is 364 g/mol. The zero-order chi connectivity index (χ0) is 20.4. The molecule has 4 aromatic rings. The first-order valence-electron chi connectivity index (χ1n) is 9.94. The highest BCUT2D eigenvalue weighted by molar-refractivity contribution is 5.83. The van der Waals surface area contributed by atoms with Gasteiger partial charge in [-0.15, -0.1) is 10.2 Å². The fourth-order valence-electron chi connectivity index (χ4n) is 3.08. The third-order valence-electron chi connectivity index (χ3n) is 4.61. The molecule has 144 valence electrons. The van der Waals surface area contributed by atoms with Crippen LogP contribution in [0.1, 0.15) is 22.3 Å². The molecule has 0 radical (unpaired) electrons. The van der Waals surface area contributed by atoms with Gasteiger partial charge in [-0.1, -0.05) is 121 Å². The quantitative estimate of drug-likeness (QED) is 0.238. The lowest BCUT2D eigenvalue weighted by molar-refractivity contribution is 1.26. The lowest BCUT2D eigenvalue weighted by Gasteiger charge is -2.05. The minimum atomic E-state index is 0.816. The molecule has 2 heteroatoms. The molecule has 0 aromatic heterocycles. The van der Waals surface area contributed by atoms with Gasteiger partial charge in [-0.2, -0.15) is 0 Å². The summed E-state index contributed by atoms with van der Waals surface area (Å²) < 4.78 is 0. The van der Waals surface area contributed by atoms with Crippen LogP contribution in [0.4, 0.5) is 0 Å².